The average molecular weight is 653 g/mol. The van der Waals surface area contributed by atoms with E-state index >= 15 is 0 Å². The highest BCUT2D eigenvalue weighted by atomic mass is 16.6. The Balaban J connectivity index is 3.78. The van der Waals surface area contributed by atoms with E-state index in [1.807, 2.05) is 20.8 Å². The van der Waals surface area contributed by atoms with E-state index in [2.05, 4.69) is 18.7 Å². The van der Waals surface area contributed by atoms with Gasteiger partial charge in [0.15, 0.2) is 11.9 Å². The van der Waals surface area contributed by atoms with Crippen molar-refractivity contribution in [1.82, 2.24) is 9.80 Å². The second kappa shape index (κ2) is 19.5. The molecule has 8 unspecified atom stereocenters. The molecule has 0 aliphatic carbocycles. The van der Waals surface area contributed by atoms with Crippen LogP contribution in [0.1, 0.15) is 101 Å². The topological polar surface area (TPSA) is 140 Å². The van der Waals surface area contributed by atoms with Gasteiger partial charge in [0, 0.05) is 32.0 Å². The number of aliphatic hydroxyl groups excluding tert-OH is 2. The first-order valence-corrected chi connectivity index (χ1v) is 17.2. The second-order valence-corrected chi connectivity index (χ2v) is 13.5. The number of likely N-dealkylation sites (N-methyl/N-ethyl adjacent to an activating group) is 2. The lowest BCUT2D eigenvalue weighted by Gasteiger charge is -2.38. The Morgan fingerprint density at radius 2 is 1.80 bits per heavy atom. The van der Waals surface area contributed by atoms with Gasteiger partial charge in [-0.25, -0.2) is 4.79 Å². The fourth-order valence-corrected chi connectivity index (χ4v) is 5.49. The van der Waals surface area contributed by atoms with Gasteiger partial charge in [0.25, 0.3) is 0 Å². The number of hydrogen-bond donors (Lipinski definition) is 4. The molecule has 0 aromatic carbocycles. The molecule has 0 saturated carbocycles. The minimum Gasteiger partial charge on any atom is -0.491 e. The smallest absolute Gasteiger partial charge is 0.410 e. The van der Waals surface area contributed by atoms with Crippen LogP contribution in [0.2, 0.25) is 0 Å². The van der Waals surface area contributed by atoms with Gasteiger partial charge in [-0.05, 0) is 84.0 Å². The summed E-state index contributed by atoms with van der Waals surface area (Å²) in [6.45, 7) is 19.0. The maximum atomic E-state index is 13.6. The molecule has 0 bridgehead atoms. The molecule has 1 amide bonds. The summed E-state index contributed by atoms with van der Waals surface area (Å²) in [4.78, 5) is 30.7. The van der Waals surface area contributed by atoms with Crippen molar-refractivity contribution < 1.29 is 39.5 Å². The number of amides is 1. The van der Waals surface area contributed by atoms with Gasteiger partial charge in [0.1, 0.15) is 17.5 Å². The van der Waals surface area contributed by atoms with Gasteiger partial charge >= 0.3 is 6.09 Å². The van der Waals surface area contributed by atoms with Gasteiger partial charge in [0.2, 0.25) is 0 Å². The molecule has 0 fully saturated rings. The van der Waals surface area contributed by atoms with E-state index < -0.39 is 53.5 Å². The number of carbonyl (C=O) groups is 2. The Labute approximate surface area is 278 Å². The molecule has 0 radical (unpaired) electrons. The molecule has 10 heteroatoms. The van der Waals surface area contributed by atoms with Gasteiger partial charge in [-0.1, -0.05) is 59.8 Å². The van der Waals surface area contributed by atoms with E-state index in [-0.39, 0.29) is 30.8 Å². The number of Topliss-reactive ketones (excluding diaryl/α,β-unsaturated/α-hetero) is 1. The van der Waals surface area contributed by atoms with Crippen LogP contribution in [-0.2, 0) is 14.3 Å². The van der Waals surface area contributed by atoms with Crippen molar-refractivity contribution in [3.8, 4) is 0 Å². The van der Waals surface area contributed by atoms with E-state index in [0.717, 1.165) is 13.1 Å². The van der Waals surface area contributed by atoms with Gasteiger partial charge in [0.05, 0.1) is 17.8 Å². The van der Waals surface area contributed by atoms with Crippen LogP contribution >= 0.6 is 0 Å². The molecular weight excluding hydrogens is 588 g/mol. The lowest BCUT2D eigenvalue weighted by atomic mass is 9.87. The molecule has 0 aromatic heterocycles. The first-order chi connectivity index (χ1) is 21.4. The summed E-state index contributed by atoms with van der Waals surface area (Å²) in [6, 6.07) is 0. The number of aliphatic hydroxyl groups is 4. The van der Waals surface area contributed by atoms with E-state index in [1.54, 1.807) is 59.0 Å². The summed E-state index contributed by atoms with van der Waals surface area (Å²) in [5.74, 6) is -1.22. The van der Waals surface area contributed by atoms with E-state index in [4.69, 9.17) is 9.47 Å². The number of rotatable bonds is 15. The molecular formula is C36H64N2O8. The number of hydrogen-bond acceptors (Lipinski definition) is 9. The first-order valence-electron chi connectivity index (χ1n) is 17.2. The van der Waals surface area contributed by atoms with Crippen LogP contribution in [0, 0.1) is 11.8 Å². The van der Waals surface area contributed by atoms with E-state index in [0.29, 0.717) is 37.9 Å². The number of ketones is 1. The van der Waals surface area contributed by atoms with Gasteiger partial charge in [-0.15, -0.1) is 0 Å². The highest BCUT2D eigenvalue weighted by Crippen LogP contribution is 2.34. The normalized spacial score (nSPS) is 28.4. The largest absolute Gasteiger partial charge is 0.491 e. The third-order valence-electron chi connectivity index (χ3n) is 9.31. The molecule has 4 N–H and O–H groups in total. The van der Waals surface area contributed by atoms with Crippen molar-refractivity contribution in [2.24, 2.45) is 11.8 Å². The summed E-state index contributed by atoms with van der Waals surface area (Å²) in [6.07, 6.45) is 4.44. The molecule has 0 saturated heterocycles. The zero-order chi connectivity index (χ0) is 35.2. The van der Waals surface area contributed by atoms with Crippen molar-refractivity contribution in [2.45, 2.75) is 136 Å². The number of carbonyl (C=O) groups excluding carboxylic acids is 2. The summed E-state index contributed by atoms with van der Waals surface area (Å²) in [7, 11) is 1.63. The van der Waals surface area contributed by atoms with Crippen LogP contribution in [0.5, 0.6) is 0 Å². The standard InChI is InChI=1S/C36H64N2O8/c1-11-28(39)17-21-36(9,44)33(46-34(42)37(10)22-23-38(13-3)14-4)31-24-26(6)32(41)25(5)16-15-19-35(8,43)20-18-30(45-31)27(7)29(40)12-2/h15-16,19,24,26-30,33,39-40,43-44H,11-14,17-18,20-23H2,1-10H3/b19-15+,25-16+,31-24-. The van der Waals surface area contributed by atoms with Crippen LogP contribution in [0.4, 0.5) is 4.79 Å². The molecule has 1 rings (SSSR count). The maximum absolute atomic E-state index is 13.6. The third-order valence-corrected chi connectivity index (χ3v) is 9.31. The highest BCUT2D eigenvalue weighted by Gasteiger charge is 2.42. The van der Waals surface area contributed by atoms with Crippen LogP contribution < -0.4 is 0 Å². The van der Waals surface area contributed by atoms with Crippen LogP contribution in [0.25, 0.3) is 0 Å². The zero-order valence-electron chi connectivity index (χ0n) is 30.2. The summed E-state index contributed by atoms with van der Waals surface area (Å²) in [5, 5.41) is 44.3. The monoisotopic (exact) mass is 652 g/mol. The van der Waals surface area contributed by atoms with Crippen molar-refractivity contribution in [3.63, 3.8) is 0 Å². The van der Waals surface area contributed by atoms with Crippen molar-refractivity contribution in [3.05, 3.63) is 35.6 Å². The van der Waals surface area contributed by atoms with Gasteiger partial charge in [-0.3, -0.25) is 4.79 Å². The SMILES string of the molecule is CCC(O)CCC(C)(O)C(OC(=O)N(C)CCN(CC)CC)/C1=C/C(C)C(=O)/C(C)=C/C=C/C(C)(O)CCC(C(C)C(O)CC)O1. The Bertz CT molecular complexity index is 1030. The molecule has 0 spiro atoms. The Kier molecular flexibility index (Phi) is 17.8. The molecule has 266 valence electrons. The van der Waals surface area contributed by atoms with Crippen molar-refractivity contribution in [1.29, 1.82) is 0 Å². The fourth-order valence-electron chi connectivity index (χ4n) is 5.49. The number of ether oxygens (including phenoxy) is 2. The van der Waals surface area contributed by atoms with Gasteiger partial charge in [-0.2, -0.15) is 0 Å². The molecule has 46 heavy (non-hydrogen) atoms. The maximum Gasteiger partial charge on any atom is 0.410 e. The number of allylic oxidation sites excluding steroid dienone is 4. The quantitative estimate of drug-likeness (QED) is 0.193. The Hall–Kier alpha value is -2.24. The predicted molar refractivity (Wildman–Crippen MR) is 182 cm³/mol. The lowest BCUT2D eigenvalue weighted by Crippen LogP contribution is -2.48. The second-order valence-electron chi connectivity index (χ2n) is 13.5. The lowest BCUT2D eigenvalue weighted by molar-refractivity contribution is -0.118. The minimum absolute atomic E-state index is 0.0848. The van der Waals surface area contributed by atoms with Gasteiger partial charge < -0.3 is 39.7 Å². The van der Waals surface area contributed by atoms with E-state index in [1.165, 1.54) is 4.90 Å². The third kappa shape index (κ3) is 13.5. The molecule has 10 nitrogen and oxygen atoms in total. The summed E-state index contributed by atoms with van der Waals surface area (Å²) in [5.41, 5.74) is -2.45. The molecule has 0 aromatic rings. The molecule has 1 aliphatic rings. The van der Waals surface area contributed by atoms with Crippen LogP contribution in [0.3, 0.4) is 0 Å². The summed E-state index contributed by atoms with van der Waals surface area (Å²) >= 11 is 0. The Morgan fingerprint density at radius 1 is 1.17 bits per heavy atom. The fraction of sp³-hybridized carbons (Fsp3) is 0.778. The van der Waals surface area contributed by atoms with Crippen LogP contribution in [-0.4, -0.2) is 111 Å². The minimum atomic E-state index is -1.69. The predicted octanol–water partition coefficient (Wildman–Crippen LogP) is 5.00. The van der Waals surface area contributed by atoms with Crippen molar-refractivity contribution >= 4 is 11.9 Å². The van der Waals surface area contributed by atoms with Crippen molar-refractivity contribution in [2.75, 3.05) is 33.2 Å². The Morgan fingerprint density at radius 3 is 2.37 bits per heavy atom. The average Bonchev–Trinajstić information content (AvgIpc) is 3.02. The van der Waals surface area contributed by atoms with E-state index in [9.17, 15) is 30.0 Å². The zero-order valence-corrected chi connectivity index (χ0v) is 30.2. The number of nitrogens with zero attached hydrogens (tertiary/aromatic N) is 2. The molecule has 1 aliphatic heterocycles. The molecule has 1 heterocycles. The highest BCUT2D eigenvalue weighted by molar-refractivity contribution is 5.97. The first kappa shape index (κ1) is 41.8. The molecule has 8 atom stereocenters. The van der Waals surface area contributed by atoms with Crippen LogP contribution in [0.15, 0.2) is 35.6 Å². The summed E-state index contributed by atoms with van der Waals surface area (Å²) < 4.78 is 12.8.